The number of nitrogens with zero attached hydrogens (tertiary/aromatic N) is 4. The van der Waals surface area contributed by atoms with E-state index in [0.717, 1.165) is 44.6 Å². The summed E-state index contributed by atoms with van der Waals surface area (Å²) in [5.74, 6) is 1.79. The summed E-state index contributed by atoms with van der Waals surface area (Å²) in [5.41, 5.74) is 0. The number of aryl methyl sites for hydroxylation is 1. The zero-order valence-corrected chi connectivity index (χ0v) is 13.6. The Morgan fingerprint density at radius 3 is 2.57 bits per heavy atom. The maximum absolute atomic E-state index is 12.7. The molecule has 2 amide bonds. The predicted octanol–water partition coefficient (Wildman–Crippen LogP) is 1.14. The van der Waals surface area contributed by atoms with Crippen LogP contribution in [0.4, 0.5) is 0 Å². The third-order valence-electron chi connectivity index (χ3n) is 5.53. The molecule has 3 aliphatic rings. The van der Waals surface area contributed by atoms with Crippen LogP contribution in [-0.2, 0) is 16.6 Å². The lowest BCUT2D eigenvalue weighted by atomic mass is 9.94. The molecule has 3 fully saturated rings. The second kappa shape index (κ2) is 5.65. The molecule has 0 N–H and O–H groups in total. The van der Waals surface area contributed by atoms with Crippen LogP contribution in [0.25, 0.3) is 0 Å². The van der Waals surface area contributed by atoms with Gasteiger partial charge in [0.15, 0.2) is 0 Å². The minimum absolute atomic E-state index is 0.118. The molecule has 6 nitrogen and oxygen atoms in total. The van der Waals surface area contributed by atoms with E-state index in [2.05, 4.69) is 9.55 Å². The van der Waals surface area contributed by atoms with Gasteiger partial charge in [-0.05, 0) is 25.7 Å². The second-order valence-corrected chi connectivity index (χ2v) is 7.17. The van der Waals surface area contributed by atoms with Crippen LogP contribution < -0.4 is 0 Å². The number of hydrogen-bond donors (Lipinski definition) is 0. The smallest absolute Gasteiger partial charge is 0.227 e. The van der Waals surface area contributed by atoms with E-state index in [4.69, 9.17) is 0 Å². The number of amides is 2. The van der Waals surface area contributed by atoms with Crippen LogP contribution in [0.2, 0.25) is 0 Å². The van der Waals surface area contributed by atoms with Crippen molar-refractivity contribution >= 4 is 11.8 Å². The first-order chi connectivity index (χ1) is 11.1. The SMILES string of the molecule is Cn1ccnc1C1CCN(C(=O)C2CC(=O)N(C3CC3)C2)CC1. The molecular formula is C17H24N4O2. The Morgan fingerprint density at radius 1 is 1.22 bits per heavy atom. The topological polar surface area (TPSA) is 58.4 Å². The molecular weight excluding hydrogens is 292 g/mol. The van der Waals surface area contributed by atoms with E-state index in [-0.39, 0.29) is 17.7 Å². The van der Waals surface area contributed by atoms with Crippen molar-refractivity contribution in [2.75, 3.05) is 19.6 Å². The summed E-state index contributed by atoms with van der Waals surface area (Å²) in [6.45, 7) is 2.20. The summed E-state index contributed by atoms with van der Waals surface area (Å²) in [7, 11) is 2.02. The number of rotatable bonds is 3. The molecule has 1 saturated carbocycles. The average Bonchev–Trinajstić information content (AvgIpc) is 3.20. The third kappa shape index (κ3) is 2.75. The summed E-state index contributed by atoms with van der Waals surface area (Å²) in [5, 5.41) is 0. The van der Waals surface area contributed by atoms with Crippen molar-refractivity contribution < 1.29 is 9.59 Å². The normalized spacial score (nSPS) is 26.1. The van der Waals surface area contributed by atoms with E-state index in [9.17, 15) is 9.59 Å². The number of carbonyl (C=O) groups is 2. The van der Waals surface area contributed by atoms with Gasteiger partial charge in [-0.1, -0.05) is 0 Å². The van der Waals surface area contributed by atoms with Crippen LogP contribution in [0.15, 0.2) is 12.4 Å². The molecule has 0 bridgehead atoms. The standard InChI is InChI=1S/C17H24N4O2/c1-19-9-6-18-16(19)12-4-7-20(8-5-12)17(23)13-10-15(22)21(11-13)14-2-3-14/h6,9,12-14H,2-5,7-8,10-11H2,1H3. The highest BCUT2D eigenvalue weighted by molar-refractivity contribution is 5.89. The third-order valence-corrected chi connectivity index (χ3v) is 5.53. The van der Waals surface area contributed by atoms with Gasteiger partial charge in [0.25, 0.3) is 0 Å². The lowest BCUT2D eigenvalue weighted by Crippen LogP contribution is -2.42. The fraction of sp³-hybridized carbons (Fsp3) is 0.706. The molecule has 2 saturated heterocycles. The Kier molecular flexibility index (Phi) is 3.62. The monoisotopic (exact) mass is 316 g/mol. The van der Waals surface area contributed by atoms with Crippen molar-refractivity contribution in [3.63, 3.8) is 0 Å². The van der Waals surface area contributed by atoms with Gasteiger partial charge >= 0.3 is 0 Å². The molecule has 124 valence electrons. The van der Waals surface area contributed by atoms with Crippen LogP contribution in [0.3, 0.4) is 0 Å². The minimum Gasteiger partial charge on any atom is -0.342 e. The van der Waals surface area contributed by atoms with E-state index in [1.165, 1.54) is 0 Å². The summed E-state index contributed by atoms with van der Waals surface area (Å²) in [6, 6.07) is 0.425. The highest BCUT2D eigenvalue weighted by atomic mass is 16.2. The zero-order valence-electron chi connectivity index (χ0n) is 13.6. The van der Waals surface area contributed by atoms with Gasteiger partial charge in [0.1, 0.15) is 5.82 Å². The molecule has 1 aromatic rings. The molecule has 3 heterocycles. The van der Waals surface area contributed by atoms with Gasteiger partial charge in [0.2, 0.25) is 11.8 Å². The fourth-order valence-electron chi connectivity index (χ4n) is 4.02. The molecule has 1 aliphatic carbocycles. The summed E-state index contributed by atoms with van der Waals surface area (Å²) in [4.78, 5) is 33.1. The van der Waals surface area contributed by atoms with Gasteiger partial charge in [-0.15, -0.1) is 0 Å². The maximum Gasteiger partial charge on any atom is 0.227 e. The van der Waals surface area contributed by atoms with Crippen LogP contribution in [0.5, 0.6) is 0 Å². The van der Waals surface area contributed by atoms with Crippen molar-refractivity contribution in [3.8, 4) is 0 Å². The number of carbonyl (C=O) groups excluding carboxylic acids is 2. The fourth-order valence-corrected chi connectivity index (χ4v) is 4.02. The summed E-state index contributed by atoms with van der Waals surface area (Å²) >= 11 is 0. The summed E-state index contributed by atoms with van der Waals surface area (Å²) < 4.78 is 2.07. The number of aromatic nitrogens is 2. The largest absolute Gasteiger partial charge is 0.342 e. The maximum atomic E-state index is 12.7. The number of imidazole rings is 1. The average molecular weight is 316 g/mol. The lowest BCUT2D eigenvalue weighted by Gasteiger charge is -2.33. The Morgan fingerprint density at radius 2 is 1.96 bits per heavy atom. The van der Waals surface area contributed by atoms with E-state index >= 15 is 0 Å². The van der Waals surface area contributed by atoms with Crippen LogP contribution in [0.1, 0.15) is 43.8 Å². The van der Waals surface area contributed by atoms with Crippen molar-refractivity contribution in [1.29, 1.82) is 0 Å². The van der Waals surface area contributed by atoms with Gasteiger partial charge in [-0.3, -0.25) is 9.59 Å². The highest BCUT2D eigenvalue weighted by Gasteiger charge is 2.43. The van der Waals surface area contributed by atoms with E-state index in [0.29, 0.717) is 24.9 Å². The number of likely N-dealkylation sites (tertiary alicyclic amines) is 2. The Balaban J connectivity index is 1.34. The van der Waals surface area contributed by atoms with Gasteiger partial charge < -0.3 is 14.4 Å². The van der Waals surface area contributed by atoms with Crippen molar-refractivity contribution in [1.82, 2.24) is 19.4 Å². The molecule has 4 rings (SSSR count). The molecule has 0 aromatic carbocycles. The van der Waals surface area contributed by atoms with Gasteiger partial charge in [0, 0.05) is 57.5 Å². The Hall–Kier alpha value is -1.85. The van der Waals surface area contributed by atoms with Gasteiger partial charge in [0.05, 0.1) is 5.92 Å². The number of piperidine rings is 1. The molecule has 2 aliphatic heterocycles. The first kappa shape index (κ1) is 14.7. The van der Waals surface area contributed by atoms with Gasteiger partial charge in [-0.25, -0.2) is 4.98 Å². The van der Waals surface area contributed by atoms with E-state index < -0.39 is 0 Å². The summed E-state index contributed by atoms with van der Waals surface area (Å²) in [6.07, 6.45) is 8.37. The van der Waals surface area contributed by atoms with Crippen LogP contribution >= 0.6 is 0 Å². The van der Waals surface area contributed by atoms with Gasteiger partial charge in [-0.2, -0.15) is 0 Å². The predicted molar refractivity (Wildman–Crippen MR) is 84.6 cm³/mol. The first-order valence-electron chi connectivity index (χ1n) is 8.69. The Bertz CT molecular complexity index is 614. The van der Waals surface area contributed by atoms with Crippen LogP contribution in [0, 0.1) is 5.92 Å². The first-order valence-corrected chi connectivity index (χ1v) is 8.69. The molecule has 1 unspecified atom stereocenters. The van der Waals surface area contributed by atoms with Crippen LogP contribution in [-0.4, -0.2) is 56.8 Å². The molecule has 1 aromatic heterocycles. The number of hydrogen-bond acceptors (Lipinski definition) is 3. The molecule has 6 heteroatoms. The Labute approximate surface area is 136 Å². The second-order valence-electron chi connectivity index (χ2n) is 7.17. The van der Waals surface area contributed by atoms with E-state index in [1.54, 1.807) is 0 Å². The van der Waals surface area contributed by atoms with Crippen molar-refractivity contribution in [2.45, 2.75) is 44.1 Å². The molecule has 0 spiro atoms. The zero-order chi connectivity index (χ0) is 16.0. The minimum atomic E-state index is -0.118. The quantitative estimate of drug-likeness (QED) is 0.840. The van der Waals surface area contributed by atoms with Crippen molar-refractivity contribution in [3.05, 3.63) is 18.2 Å². The molecule has 0 radical (unpaired) electrons. The molecule has 1 atom stereocenters. The van der Waals surface area contributed by atoms with Crippen molar-refractivity contribution in [2.24, 2.45) is 13.0 Å². The highest BCUT2D eigenvalue weighted by Crippen LogP contribution is 2.34. The van der Waals surface area contributed by atoms with E-state index in [1.807, 2.05) is 29.2 Å². The molecule has 23 heavy (non-hydrogen) atoms. The lowest BCUT2D eigenvalue weighted by molar-refractivity contribution is -0.136.